The number of amides is 2. The average Bonchev–Trinajstić information content (AvgIpc) is 2.26. The van der Waals surface area contributed by atoms with E-state index in [4.69, 9.17) is 5.73 Å². The fourth-order valence-electron chi connectivity index (χ4n) is 1.22. The molecule has 0 unspecified atom stereocenters. The lowest BCUT2D eigenvalue weighted by Crippen LogP contribution is -2.35. The Bertz CT molecular complexity index is 460. The van der Waals surface area contributed by atoms with Crippen molar-refractivity contribution in [3.8, 4) is 0 Å². The van der Waals surface area contributed by atoms with Gasteiger partial charge >= 0.3 is 6.18 Å². The van der Waals surface area contributed by atoms with Crippen LogP contribution in [0.5, 0.6) is 0 Å². The van der Waals surface area contributed by atoms with Gasteiger partial charge in [0.25, 0.3) is 5.91 Å². The maximum Gasteiger partial charge on any atom is 0.405 e. The molecule has 0 aliphatic carbocycles. The highest BCUT2D eigenvalue weighted by Crippen LogP contribution is 2.12. The third-order valence-corrected chi connectivity index (χ3v) is 1.97. The number of carbonyl (C=O) groups is 2. The molecule has 0 bridgehead atoms. The molecule has 1 aromatic rings. The Morgan fingerprint density at radius 1 is 1.39 bits per heavy atom. The van der Waals surface area contributed by atoms with Gasteiger partial charge in [-0.2, -0.15) is 13.2 Å². The highest BCUT2D eigenvalue weighted by Gasteiger charge is 2.27. The molecule has 0 fully saturated rings. The first-order valence-corrected chi connectivity index (χ1v) is 4.87. The fraction of sp³-hybridized carbons (Fsp3) is 0.300. The van der Waals surface area contributed by atoms with Crippen LogP contribution in [0.1, 0.15) is 16.1 Å². The quantitative estimate of drug-likeness (QED) is 0.822. The normalized spacial score (nSPS) is 11.1. The highest BCUT2D eigenvalue weighted by atomic mass is 19.4. The van der Waals surface area contributed by atoms with E-state index in [1.165, 1.54) is 18.3 Å². The van der Waals surface area contributed by atoms with Crippen molar-refractivity contribution in [1.29, 1.82) is 0 Å². The minimum atomic E-state index is -4.48. The van der Waals surface area contributed by atoms with Gasteiger partial charge in [0.05, 0.1) is 17.7 Å². The van der Waals surface area contributed by atoms with Crippen molar-refractivity contribution in [3.05, 3.63) is 29.6 Å². The molecular formula is C10H10F3N3O2. The summed E-state index contributed by atoms with van der Waals surface area (Å²) in [5.74, 6) is -1.67. The monoisotopic (exact) mass is 261 g/mol. The number of nitrogens with two attached hydrogens (primary N) is 1. The Labute approximate surface area is 100 Å². The van der Waals surface area contributed by atoms with Gasteiger partial charge in [-0.15, -0.1) is 0 Å². The first kappa shape index (κ1) is 13.9. The molecule has 0 spiro atoms. The van der Waals surface area contributed by atoms with Crippen molar-refractivity contribution in [1.82, 2.24) is 10.3 Å². The number of halogens is 3. The molecule has 8 heteroatoms. The number of rotatable bonds is 4. The molecule has 0 saturated heterocycles. The third-order valence-electron chi connectivity index (χ3n) is 1.97. The van der Waals surface area contributed by atoms with Crippen LogP contribution in [0.4, 0.5) is 13.2 Å². The number of aromatic nitrogens is 1. The Kier molecular flexibility index (Phi) is 4.24. The lowest BCUT2D eigenvalue weighted by atomic mass is 10.1. The van der Waals surface area contributed by atoms with Gasteiger partial charge in [0.15, 0.2) is 0 Å². The summed E-state index contributed by atoms with van der Waals surface area (Å²) in [4.78, 5) is 26.0. The summed E-state index contributed by atoms with van der Waals surface area (Å²) >= 11 is 0. The van der Waals surface area contributed by atoms with E-state index < -0.39 is 31.0 Å². The van der Waals surface area contributed by atoms with E-state index in [0.717, 1.165) is 0 Å². The third kappa shape index (κ3) is 4.40. The predicted octanol–water partition coefficient (Wildman–Crippen LogP) is 0.401. The molecule has 0 radical (unpaired) electrons. The van der Waals surface area contributed by atoms with Crippen LogP contribution in [-0.4, -0.2) is 29.5 Å². The molecule has 0 aliphatic heterocycles. The lowest BCUT2D eigenvalue weighted by molar-refractivity contribution is -0.138. The summed E-state index contributed by atoms with van der Waals surface area (Å²) in [7, 11) is 0. The van der Waals surface area contributed by atoms with Crippen LogP contribution in [-0.2, 0) is 11.2 Å². The van der Waals surface area contributed by atoms with E-state index >= 15 is 0 Å². The number of hydrogen-bond donors (Lipinski definition) is 2. The van der Waals surface area contributed by atoms with Crippen molar-refractivity contribution in [3.63, 3.8) is 0 Å². The van der Waals surface area contributed by atoms with Gasteiger partial charge in [-0.05, 0) is 12.1 Å². The molecule has 0 atom stereocenters. The fourth-order valence-corrected chi connectivity index (χ4v) is 1.22. The Balaban J connectivity index is 2.68. The lowest BCUT2D eigenvalue weighted by Gasteiger charge is -2.09. The minimum absolute atomic E-state index is 0.0136. The maximum atomic E-state index is 11.9. The number of pyridine rings is 1. The minimum Gasteiger partial charge on any atom is -0.366 e. The SMILES string of the molecule is NC(=O)c1cccnc1CC(=O)NCC(F)(F)F. The molecule has 1 rings (SSSR count). The maximum absolute atomic E-state index is 11.9. The smallest absolute Gasteiger partial charge is 0.366 e. The van der Waals surface area contributed by atoms with Crippen LogP contribution in [0.15, 0.2) is 18.3 Å². The second-order valence-electron chi connectivity index (χ2n) is 3.43. The van der Waals surface area contributed by atoms with Crippen molar-refractivity contribution < 1.29 is 22.8 Å². The topological polar surface area (TPSA) is 85.1 Å². The molecule has 18 heavy (non-hydrogen) atoms. The summed E-state index contributed by atoms with van der Waals surface area (Å²) in [5, 5.41) is 1.68. The second-order valence-corrected chi connectivity index (χ2v) is 3.43. The van der Waals surface area contributed by atoms with Crippen LogP contribution in [0.25, 0.3) is 0 Å². The molecule has 0 saturated carbocycles. The summed E-state index contributed by atoms with van der Waals surface area (Å²) in [6.07, 6.45) is -3.60. The van der Waals surface area contributed by atoms with Crippen LogP contribution >= 0.6 is 0 Å². The first-order chi connectivity index (χ1) is 8.29. The summed E-state index contributed by atoms with van der Waals surface area (Å²) in [6, 6.07) is 2.79. The number of nitrogens with one attached hydrogen (secondary N) is 1. The number of alkyl halides is 3. The van der Waals surface area contributed by atoms with Gasteiger partial charge < -0.3 is 11.1 Å². The molecular weight excluding hydrogens is 251 g/mol. The van der Waals surface area contributed by atoms with Crippen molar-refractivity contribution in [2.75, 3.05) is 6.54 Å². The number of carbonyl (C=O) groups excluding carboxylic acids is 2. The average molecular weight is 261 g/mol. The summed E-state index contributed by atoms with van der Waals surface area (Å²) in [6.45, 7) is -1.43. The zero-order chi connectivity index (χ0) is 13.8. The van der Waals surface area contributed by atoms with Crippen molar-refractivity contribution >= 4 is 11.8 Å². The van der Waals surface area contributed by atoms with Gasteiger partial charge in [0.1, 0.15) is 6.54 Å². The van der Waals surface area contributed by atoms with Crippen LogP contribution in [0.3, 0.4) is 0 Å². The van der Waals surface area contributed by atoms with Crippen LogP contribution < -0.4 is 11.1 Å². The van der Waals surface area contributed by atoms with E-state index in [1.54, 1.807) is 5.32 Å². The Morgan fingerprint density at radius 3 is 2.61 bits per heavy atom. The van der Waals surface area contributed by atoms with E-state index in [9.17, 15) is 22.8 Å². The Morgan fingerprint density at radius 2 is 2.06 bits per heavy atom. The van der Waals surface area contributed by atoms with E-state index in [1.807, 2.05) is 0 Å². The summed E-state index contributed by atoms with van der Waals surface area (Å²) in [5.41, 5.74) is 5.10. The first-order valence-electron chi connectivity index (χ1n) is 4.87. The van der Waals surface area contributed by atoms with Gasteiger partial charge in [-0.1, -0.05) is 0 Å². The van der Waals surface area contributed by atoms with Crippen LogP contribution in [0, 0.1) is 0 Å². The zero-order valence-electron chi connectivity index (χ0n) is 9.12. The molecule has 1 heterocycles. The Hall–Kier alpha value is -2.12. The predicted molar refractivity (Wildman–Crippen MR) is 55.5 cm³/mol. The van der Waals surface area contributed by atoms with Crippen LogP contribution in [0.2, 0.25) is 0 Å². The van der Waals surface area contributed by atoms with Gasteiger partial charge in [-0.3, -0.25) is 14.6 Å². The number of nitrogens with zero attached hydrogens (tertiary/aromatic N) is 1. The molecule has 98 valence electrons. The molecule has 2 amide bonds. The number of hydrogen-bond acceptors (Lipinski definition) is 3. The molecule has 0 aromatic carbocycles. The van der Waals surface area contributed by atoms with Gasteiger partial charge in [0, 0.05) is 6.20 Å². The molecule has 5 nitrogen and oxygen atoms in total. The molecule has 1 aromatic heterocycles. The van der Waals surface area contributed by atoms with Crippen molar-refractivity contribution in [2.45, 2.75) is 12.6 Å². The van der Waals surface area contributed by atoms with Crippen molar-refractivity contribution in [2.24, 2.45) is 5.73 Å². The largest absolute Gasteiger partial charge is 0.405 e. The zero-order valence-corrected chi connectivity index (χ0v) is 9.12. The number of primary amides is 1. The second kappa shape index (κ2) is 5.48. The molecule has 3 N–H and O–H groups in total. The van der Waals surface area contributed by atoms with E-state index in [0.29, 0.717) is 0 Å². The summed E-state index contributed by atoms with van der Waals surface area (Å²) < 4.78 is 35.6. The molecule has 0 aliphatic rings. The highest BCUT2D eigenvalue weighted by molar-refractivity contribution is 5.95. The van der Waals surface area contributed by atoms with Gasteiger partial charge in [0.2, 0.25) is 5.91 Å². The standard InChI is InChI=1S/C10H10F3N3O2/c11-10(12,13)5-16-8(17)4-7-6(9(14)18)2-1-3-15-7/h1-3H,4-5H2,(H2,14,18)(H,16,17). The van der Waals surface area contributed by atoms with E-state index in [2.05, 4.69) is 4.98 Å². The van der Waals surface area contributed by atoms with Gasteiger partial charge in [-0.25, -0.2) is 0 Å². The van der Waals surface area contributed by atoms with E-state index in [-0.39, 0.29) is 11.3 Å².